The number of carbonyl (C=O) groups is 2. The summed E-state index contributed by atoms with van der Waals surface area (Å²) >= 11 is 6.00. The summed E-state index contributed by atoms with van der Waals surface area (Å²) in [5, 5.41) is 13.4. The molecular formula is C20H21ClN2O5. The van der Waals surface area contributed by atoms with Gasteiger partial charge in [0.25, 0.3) is 11.6 Å². The Morgan fingerprint density at radius 2 is 1.86 bits per heavy atom. The zero-order chi connectivity index (χ0) is 20.7. The molecule has 0 saturated carbocycles. The first-order chi connectivity index (χ1) is 13.3. The lowest BCUT2D eigenvalue weighted by molar-refractivity contribution is -0.384. The molecule has 28 heavy (non-hydrogen) atoms. The predicted molar refractivity (Wildman–Crippen MR) is 105 cm³/mol. The van der Waals surface area contributed by atoms with E-state index < -0.39 is 22.8 Å². The van der Waals surface area contributed by atoms with Crippen LogP contribution in [0.2, 0.25) is 5.02 Å². The van der Waals surface area contributed by atoms with Crippen molar-refractivity contribution >= 4 is 29.2 Å². The Hall–Kier alpha value is -2.93. The van der Waals surface area contributed by atoms with Crippen LogP contribution < -0.4 is 5.32 Å². The van der Waals surface area contributed by atoms with Gasteiger partial charge < -0.3 is 10.1 Å². The van der Waals surface area contributed by atoms with Gasteiger partial charge in [-0.25, -0.2) is 4.79 Å². The first kappa shape index (κ1) is 21.4. The fraction of sp³-hybridized carbons (Fsp3) is 0.300. The van der Waals surface area contributed by atoms with Gasteiger partial charge in [0.05, 0.1) is 15.5 Å². The topological polar surface area (TPSA) is 98.5 Å². The van der Waals surface area contributed by atoms with Gasteiger partial charge in [0, 0.05) is 12.1 Å². The predicted octanol–water partition coefficient (Wildman–Crippen LogP) is 4.14. The van der Waals surface area contributed by atoms with Crippen LogP contribution in [0.1, 0.15) is 36.2 Å². The van der Waals surface area contributed by atoms with Crippen LogP contribution in [-0.4, -0.2) is 22.8 Å². The fourth-order valence-corrected chi connectivity index (χ4v) is 2.81. The number of halogens is 1. The van der Waals surface area contributed by atoms with Crippen LogP contribution in [0.25, 0.3) is 0 Å². The summed E-state index contributed by atoms with van der Waals surface area (Å²) in [6, 6.07) is 11.9. The standard InChI is InChI=1S/C20H21ClN2O5/c1-13(2)10-18(20(25)28-12-14-6-4-3-5-7-14)22-19(24)16-9-8-15(23(26)27)11-17(16)21/h3-9,11,13,18H,10,12H2,1-2H3,(H,22,24)/t18-/m0/s1. The number of hydrogen-bond acceptors (Lipinski definition) is 5. The number of carbonyl (C=O) groups excluding carboxylic acids is 2. The molecule has 0 aliphatic heterocycles. The van der Waals surface area contributed by atoms with Crippen LogP contribution in [0, 0.1) is 16.0 Å². The number of nitrogens with zero attached hydrogens (tertiary/aromatic N) is 1. The molecule has 0 fully saturated rings. The highest BCUT2D eigenvalue weighted by molar-refractivity contribution is 6.34. The summed E-state index contributed by atoms with van der Waals surface area (Å²) in [5.41, 5.74) is 0.670. The average molecular weight is 405 g/mol. The zero-order valence-corrected chi connectivity index (χ0v) is 16.3. The van der Waals surface area contributed by atoms with Crippen molar-refractivity contribution in [3.8, 4) is 0 Å². The Morgan fingerprint density at radius 1 is 1.18 bits per heavy atom. The second-order valence-corrected chi connectivity index (χ2v) is 7.08. The zero-order valence-electron chi connectivity index (χ0n) is 15.6. The summed E-state index contributed by atoms with van der Waals surface area (Å²) in [5.74, 6) is -1.02. The van der Waals surface area contributed by atoms with E-state index in [0.717, 1.165) is 11.6 Å². The average Bonchev–Trinajstić information content (AvgIpc) is 2.65. The van der Waals surface area contributed by atoms with E-state index in [-0.39, 0.29) is 28.8 Å². The fourth-order valence-electron chi connectivity index (χ4n) is 2.55. The molecule has 0 spiro atoms. The molecule has 0 radical (unpaired) electrons. The monoisotopic (exact) mass is 404 g/mol. The SMILES string of the molecule is CC(C)C[C@H](NC(=O)c1ccc([N+](=O)[O-])cc1Cl)C(=O)OCc1ccccc1. The lowest BCUT2D eigenvalue weighted by Crippen LogP contribution is -2.42. The van der Waals surface area contributed by atoms with Crippen molar-refractivity contribution in [3.63, 3.8) is 0 Å². The van der Waals surface area contributed by atoms with Gasteiger partial charge in [0.1, 0.15) is 12.6 Å². The minimum atomic E-state index is -0.859. The normalized spacial score (nSPS) is 11.7. The molecule has 0 aliphatic carbocycles. The molecule has 1 atom stereocenters. The Bertz CT molecular complexity index is 855. The van der Waals surface area contributed by atoms with Gasteiger partial charge in [-0.2, -0.15) is 0 Å². The molecule has 2 aromatic carbocycles. The molecule has 1 amide bonds. The van der Waals surface area contributed by atoms with E-state index in [4.69, 9.17) is 16.3 Å². The number of nitro benzene ring substituents is 1. The molecule has 1 N–H and O–H groups in total. The summed E-state index contributed by atoms with van der Waals surface area (Å²) in [6.45, 7) is 3.94. The van der Waals surface area contributed by atoms with E-state index in [1.54, 1.807) is 0 Å². The first-order valence-electron chi connectivity index (χ1n) is 8.73. The second kappa shape index (κ2) is 9.85. The molecule has 2 rings (SSSR count). The number of nitro groups is 1. The third kappa shape index (κ3) is 6.06. The van der Waals surface area contributed by atoms with Crippen LogP contribution >= 0.6 is 11.6 Å². The minimum absolute atomic E-state index is 0.0527. The van der Waals surface area contributed by atoms with Crippen LogP contribution in [-0.2, 0) is 16.1 Å². The van der Waals surface area contributed by atoms with Crippen LogP contribution in [0.4, 0.5) is 5.69 Å². The molecular weight excluding hydrogens is 384 g/mol. The summed E-state index contributed by atoms with van der Waals surface area (Å²) in [7, 11) is 0. The molecule has 148 valence electrons. The quantitative estimate of drug-likeness (QED) is 0.405. The highest BCUT2D eigenvalue weighted by Crippen LogP contribution is 2.23. The molecule has 8 heteroatoms. The number of rotatable bonds is 8. The highest BCUT2D eigenvalue weighted by Gasteiger charge is 2.25. The van der Waals surface area contributed by atoms with Crippen LogP contribution in [0.15, 0.2) is 48.5 Å². The van der Waals surface area contributed by atoms with E-state index >= 15 is 0 Å². The van der Waals surface area contributed by atoms with Crippen molar-refractivity contribution in [2.24, 2.45) is 5.92 Å². The van der Waals surface area contributed by atoms with Gasteiger partial charge >= 0.3 is 5.97 Å². The summed E-state index contributed by atoms with van der Waals surface area (Å²) < 4.78 is 5.33. The minimum Gasteiger partial charge on any atom is -0.459 e. The number of hydrogen-bond donors (Lipinski definition) is 1. The molecule has 0 unspecified atom stereocenters. The Kier molecular flexibility index (Phi) is 7.52. The Labute approximate surface area is 167 Å². The molecule has 0 aliphatic rings. The molecule has 7 nitrogen and oxygen atoms in total. The first-order valence-corrected chi connectivity index (χ1v) is 9.11. The maximum absolute atomic E-state index is 12.5. The number of ether oxygens (including phenoxy) is 1. The van der Waals surface area contributed by atoms with Crippen LogP contribution in [0.3, 0.4) is 0 Å². The van der Waals surface area contributed by atoms with Crippen molar-refractivity contribution in [1.29, 1.82) is 0 Å². The van der Waals surface area contributed by atoms with Crippen molar-refractivity contribution in [3.05, 3.63) is 74.8 Å². The number of nitrogens with one attached hydrogen (secondary N) is 1. The number of benzene rings is 2. The van der Waals surface area contributed by atoms with Gasteiger partial charge in [-0.1, -0.05) is 55.8 Å². The summed E-state index contributed by atoms with van der Waals surface area (Å²) in [6.07, 6.45) is 0.379. The van der Waals surface area contributed by atoms with E-state index in [1.165, 1.54) is 12.1 Å². The Balaban J connectivity index is 2.09. The van der Waals surface area contributed by atoms with E-state index in [9.17, 15) is 19.7 Å². The number of esters is 1. The van der Waals surface area contributed by atoms with E-state index in [2.05, 4.69) is 5.32 Å². The maximum atomic E-state index is 12.5. The lowest BCUT2D eigenvalue weighted by Gasteiger charge is -2.19. The van der Waals surface area contributed by atoms with Gasteiger partial charge in [0.2, 0.25) is 0 Å². The molecule has 0 saturated heterocycles. The smallest absolute Gasteiger partial charge is 0.328 e. The molecule has 0 bridgehead atoms. The lowest BCUT2D eigenvalue weighted by atomic mass is 10.0. The summed E-state index contributed by atoms with van der Waals surface area (Å²) in [4.78, 5) is 35.2. The van der Waals surface area contributed by atoms with Gasteiger partial charge in [-0.15, -0.1) is 0 Å². The molecule has 0 heterocycles. The van der Waals surface area contributed by atoms with Crippen molar-refractivity contribution in [2.75, 3.05) is 0 Å². The molecule has 2 aromatic rings. The number of non-ortho nitro benzene ring substituents is 1. The van der Waals surface area contributed by atoms with Crippen molar-refractivity contribution in [1.82, 2.24) is 5.32 Å². The van der Waals surface area contributed by atoms with E-state index in [1.807, 2.05) is 44.2 Å². The van der Waals surface area contributed by atoms with Crippen molar-refractivity contribution < 1.29 is 19.2 Å². The van der Waals surface area contributed by atoms with Crippen molar-refractivity contribution in [2.45, 2.75) is 32.9 Å². The van der Waals surface area contributed by atoms with Gasteiger partial charge in [-0.05, 0) is 24.0 Å². The molecule has 0 aromatic heterocycles. The van der Waals surface area contributed by atoms with Crippen LogP contribution in [0.5, 0.6) is 0 Å². The van der Waals surface area contributed by atoms with E-state index in [0.29, 0.717) is 6.42 Å². The maximum Gasteiger partial charge on any atom is 0.328 e. The Morgan fingerprint density at radius 3 is 2.43 bits per heavy atom. The second-order valence-electron chi connectivity index (χ2n) is 6.67. The largest absolute Gasteiger partial charge is 0.459 e. The van der Waals surface area contributed by atoms with Gasteiger partial charge in [-0.3, -0.25) is 14.9 Å². The van der Waals surface area contributed by atoms with Gasteiger partial charge in [0.15, 0.2) is 0 Å². The third-order valence-corrected chi connectivity index (χ3v) is 4.24. The third-order valence-electron chi connectivity index (χ3n) is 3.93. The highest BCUT2D eigenvalue weighted by atomic mass is 35.5. The number of amides is 1.